The quantitative estimate of drug-likeness (QED) is 0.426. The summed E-state index contributed by atoms with van der Waals surface area (Å²) in [6.07, 6.45) is -1.18. The molecule has 1 aromatic carbocycles. The number of rotatable bonds is 2. The van der Waals surface area contributed by atoms with Gasteiger partial charge in [-0.15, -0.1) is 5.54 Å². The predicted octanol–water partition coefficient (Wildman–Crippen LogP) is 5.52. The number of fused-ring (bicyclic) bond motifs is 1. The van der Waals surface area contributed by atoms with E-state index >= 15 is 0 Å². The van der Waals surface area contributed by atoms with Crippen molar-refractivity contribution in [3.63, 3.8) is 0 Å². The molecule has 3 aromatic rings. The number of alkyl halides is 2. The minimum atomic E-state index is -2.68. The molecule has 0 amide bonds. The molecular formula is C19H18ClF2N3Si. The van der Waals surface area contributed by atoms with Crippen LogP contribution in [0.2, 0.25) is 24.7 Å². The number of hydrogen-bond acceptors (Lipinski definition) is 2. The van der Waals surface area contributed by atoms with Crippen molar-refractivity contribution in [3.05, 3.63) is 52.3 Å². The monoisotopic (exact) mass is 389 g/mol. The van der Waals surface area contributed by atoms with Crippen molar-refractivity contribution in [2.75, 3.05) is 0 Å². The SMILES string of the molecule is Cc1cc(-c2cc(C(F)F)n3ncc(C#C[Si](C)(C)C)c3n2)ccc1Cl. The van der Waals surface area contributed by atoms with Crippen molar-refractivity contribution in [1.82, 2.24) is 14.6 Å². The maximum atomic E-state index is 13.6. The average Bonchev–Trinajstić information content (AvgIpc) is 2.96. The summed E-state index contributed by atoms with van der Waals surface area (Å²) in [4.78, 5) is 4.56. The molecule has 0 aliphatic carbocycles. The standard InChI is InChI=1S/C19H18ClF2N3Si/c1-12-9-13(5-6-15(12)20)16-10-17(18(21)22)25-19(24-16)14(11-23-25)7-8-26(2,3)4/h5-6,9-11,18H,1-4H3. The van der Waals surface area contributed by atoms with E-state index in [0.29, 0.717) is 21.9 Å². The number of aromatic nitrogens is 3. The van der Waals surface area contributed by atoms with E-state index in [1.165, 1.54) is 16.8 Å². The van der Waals surface area contributed by atoms with Gasteiger partial charge in [-0.3, -0.25) is 0 Å². The highest BCUT2D eigenvalue weighted by molar-refractivity contribution is 6.83. The molecular weight excluding hydrogens is 372 g/mol. The van der Waals surface area contributed by atoms with Gasteiger partial charge in [-0.1, -0.05) is 43.2 Å². The van der Waals surface area contributed by atoms with Gasteiger partial charge in [0, 0.05) is 10.6 Å². The maximum Gasteiger partial charge on any atom is 0.280 e. The van der Waals surface area contributed by atoms with Crippen molar-refractivity contribution in [2.45, 2.75) is 33.0 Å². The van der Waals surface area contributed by atoms with Crippen LogP contribution in [0.3, 0.4) is 0 Å². The van der Waals surface area contributed by atoms with E-state index < -0.39 is 14.5 Å². The summed E-state index contributed by atoms with van der Waals surface area (Å²) in [5, 5.41) is 4.69. The van der Waals surface area contributed by atoms with E-state index in [4.69, 9.17) is 11.6 Å². The van der Waals surface area contributed by atoms with Crippen LogP contribution in [0.25, 0.3) is 16.9 Å². The summed E-state index contributed by atoms with van der Waals surface area (Å²) in [6.45, 7) is 8.21. The normalized spacial score (nSPS) is 11.7. The molecule has 0 fully saturated rings. The van der Waals surface area contributed by atoms with Gasteiger partial charge >= 0.3 is 0 Å². The summed E-state index contributed by atoms with van der Waals surface area (Å²) in [5.41, 5.74) is 5.95. The molecule has 0 radical (unpaired) electrons. The van der Waals surface area contributed by atoms with Gasteiger partial charge in [0.25, 0.3) is 6.43 Å². The van der Waals surface area contributed by atoms with Crippen molar-refractivity contribution in [1.29, 1.82) is 0 Å². The van der Waals surface area contributed by atoms with Crippen LogP contribution >= 0.6 is 11.6 Å². The van der Waals surface area contributed by atoms with E-state index in [1.807, 2.05) is 13.0 Å². The molecule has 0 spiro atoms. The van der Waals surface area contributed by atoms with E-state index in [9.17, 15) is 8.78 Å². The number of benzene rings is 1. The maximum absolute atomic E-state index is 13.6. The zero-order valence-electron chi connectivity index (χ0n) is 14.9. The van der Waals surface area contributed by atoms with E-state index in [2.05, 4.69) is 41.2 Å². The predicted molar refractivity (Wildman–Crippen MR) is 103 cm³/mol. The molecule has 0 saturated carbocycles. The van der Waals surface area contributed by atoms with E-state index in [-0.39, 0.29) is 5.69 Å². The lowest BCUT2D eigenvalue weighted by molar-refractivity contribution is 0.143. The summed E-state index contributed by atoms with van der Waals surface area (Å²) in [5.74, 6) is 3.07. The molecule has 0 aliphatic heterocycles. The van der Waals surface area contributed by atoms with Gasteiger partial charge in [-0.05, 0) is 30.7 Å². The Kier molecular flexibility index (Phi) is 4.87. The van der Waals surface area contributed by atoms with Crippen LogP contribution in [-0.4, -0.2) is 22.7 Å². The summed E-state index contributed by atoms with van der Waals surface area (Å²) < 4.78 is 28.3. The third-order valence-corrected chi connectivity index (χ3v) is 5.05. The van der Waals surface area contributed by atoms with Gasteiger partial charge in [-0.2, -0.15) is 5.10 Å². The minimum absolute atomic E-state index is 0.210. The van der Waals surface area contributed by atoms with Crippen LogP contribution in [0.5, 0.6) is 0 Å². The number of halogens is 3. The van der Waals surface area contributed by atoms with Crippen LogP contribution in [0.1, 0.15) is 23.2 Å². The number of hydrogen-bond donors (Lipinski definition) is 0. The fourth-order valence-electron chi connectivity index (χ4n) is 2.44. The molecule has 134 valence electrons. The molecule has 0 aliphatic rings. The molecule has 0 atom stereocenters. The smallest absolute Gasteiger partial charge is 0.227 e. The molecule has 0 N–H and O–H groups in total. The molecule has 0 saturated heterocycles. The van der Waals surface area contributed by atoms with Gasteiger partial charge in [0.15, 0.2) is 5.65 Å². The second-order valence-electron chi connectivity index (χ2n) is 7.12. The Morgan fingerprint density at radius 1 is 1.19 bits per heavy atom. The lowest BCUT2D eigenvalue weighted by Gasteiger charge is -2.09. The first kappa shape index (κ1) is 18.6. The van der Waals surface area contributed by atoms with Gasteiger partial charge in [0.2, 0.25) is 0 Å². The number of aryl methyl sites for hydroxylation is 1. The zero-order valence-corrected chi connectivity index (χ0v) is 16.7. The first-order valence-electron chi connectivity index (χ1n) is 8.12. The second-order valence-corrected chi connectivity index (χ2v) is 12.3. The lowest BCUT2D eigenvalue weighted by Crippen LogP contribution is -2.16. The van der Waals surface area contributed by atoms with Crippen molar-refractivity contribution < 1.29 is 8.78 Å². The topological polar surface area (TPSA) is 30.2 Å². The van der Waals surface area contributed by atoms with E-state index in [1.54, 1.807) is 12.1 Å². The Bertz CT molecular complexity index is 1040. The van der Waals surface area contributed by atoms with Gasteiger partial charge in [0.1, 0.15) is 13.8 Å². The lowest BCUT2D eigenvalue weighted by atomic mass is 10.1. The minimum Gasteiger partial charge on any atom is -0.227 e. The second kappa shape index (κ2) is 6.82. The molecule has 3 nitrogen and oxygen atoms in total. The van der Waals surface area contributed by atoms with Crippen LogP contribution in [0, 0.1) is 18.4 Å². The molecule has 0 bridgehead atoms. The zero-order chi connectivity index (χ0) is 19.1. The van der Waals surface area contributed by atoms with Crippen molar-refractivity contribution in [2.24, 2.45) is 0 Å². The summed E-state index contributed by atoms with van der Waals surface area (Å²) in [7, 11) is -1.62. The third kappa shape index (κ3) is 3.79. The van der Waals surface area contributed by atoms with Crippen molar-refractivity contribution in [3.8, 4) is 22.7 Å². The van der Waals surface area contributed by atoms with Crippen LogP contribution in [-0.2, 0) is 0 Å². The molecule has 0 unspecified atom stereocenters. The molecule has 2 aromatic heterocycles. The Morgan fingerprint density at radius 2 is 1.92 bits per heavy atom. The largest absolute Gasteiger partial charge is 0.280 e. The average molecular weight is 390 g/mol. The van der Waals surface area contributed by atoms with Gasteiger partial charge in [-0.25, -0.2) is 18.3 Å². The Hall–Kier alpha value is -2.23. The highest BCUT2D eigenvalue weighted by Gasteiger charge is 2.18. The van der Waals surface area contributed by atoms with Crippen LogP contribution in [0.4, 0.5) is 8.78 Å². The Morgan fingerprint density at radius 3 is 2.54 bits per heavy atom. The Balaban J connectivity index is 2.24. The van der Waals surface area contributed by atoms with Crippen molar-refractivity contribution >= 4 is 25.3 Å². The first-order chi connectivity index (χ1) is 12.2. The fourth-order valence-corrected chi connectivity index (χ4v) is 3.06. The molecule has 7 heteroatoms. The Labute approximate surface area is 157 Å². The molecule has 3 rings (SSSR count). The van der Waals surface area contributed by atoms with Crippen LogP contribution < -0.4 is 0 Å². The van der Waals surface area contributed by atoms with E-state index in [0.717, 1.165) is 11.1 Å². The number of nitrogens with zero attached hydrogens (tertiary/aromatic N) is 3. The molecule has 2 heterocycles. The first-order valence-corrected chi connectivity index (χ1v) is 12.0. The summed E-state index contributed by atoms with van der Waals surface area (Å²) in [6, 6.07) is 6.71. The van der Waals surface area contributed by atoms with Crippen LogP contribution in [0.15, 0.2) is 30.5 Å². The highest BCUT2D eigenvalue weighted by Crippen LogP contribution is 2.28. The third-order valence-electron chi connectivity index (χ3n) is 3.75. The fraction of sp³-hybridized carbons (Fsp3) is 0.263. The summed E-state index contributed by atoms with van der Waals surface area (Å²) >= 11 is 6.07. The highest BCUT2D eigenvalue weighted by atomic mass is 35.5. The van der Waals surface area contributed by atoms with Gasteiger partial charge in [0.05, 0.1) is 17.5 Å². The van der Waals surface area contributed by atoms with Gasteiger partial charge < -0.3 is 0 Å². The molecule has 26 heavy (non-hydrogen) atoms.